The number of tetrazole rings is 1. The Balaban J connectivity index is 0.00000384. The lowest BCUT2D eigenvalue weighted by Crippen LogP contribution is -2.52. The number of carbonyl (C=O) groups excluding carboxylic acids is 2. The summed E-state index contributed by atoms with van der Waals surface area (Å²) in [6.45, 7) is 0.623. The largest absolute Gasteiger partial charge is 0.368 e. The van der Waals surface area contributed by atoms with Gasteiger partial charge in [0.15, 0.2) is 0 Å². The molecule has 0 aliphatic heterocycles. The van der Waals surface area contributed by atoms with E-state index in [1.54, 1.807) is 11.2 Å². The third-order valence-corrected chi connectivity index (χ3v) is 8.60. The van der Waals surface area contributed by atoms with Gasteiger partial charge in [-0.05, 0) is 96.4 Å². The Morgan fingerprint density at radius 3 is 2.30 bits per heavy atom. The lowest BCUT2D eigenvalue weighted by atomic mass is 9.81. The van der Waals surface area contributed by atoms with Crippen molar-refractivity contribution in [2.24, 2.45) is 30.4 Å². The predicted octanol–water partition coefficient (Wildman–Crippen LogP) is 4.04. The number of aromatic nitrogens is 6. The first-order valence-corrected chi connectivity index (χ1v) is 14.6. The maximum Gasteiger partial charge on any atom is 0.240 e. The number of aryl methyl sites for hydroxylation is 1. The van der Waals surface area contributed by atoms with Gasteiger partial charge in [0.05, 0.1) is 17.4 Å². The van der Waals surface area contributed by atoms with Crippen LogP contribution in [0.25, 0.3) is 33.5 Å². The normalized spacial score (nSPS) is 17.1. The van der Waals surface area contributed by atoms with Crippen molar-refractivity contribution in [2.75, 3.05) is 11.4 Å². The minimum atomic E-state index is -0.869. The first-order chi connectivity index (χ1) is 20.9. The third kappa shape index (κ3) is 6.34. The van der Waals surface area contributed by atoms with E-state index in [0.29, 0.717) is 24.0 Å². The number of fused-ring (bicyclic) bond motifs is 1. The van der Waals surface area contributed by atoms with Crippen LogP contribution < -0.4 is 16.4 Å². The van der Waals surface area contributed by atoms with Crippen LogP contribution in [0.15, 0.2) is 73.1 Å². The minimum absolute atomic E-state index is 0. The highest BCUT2D eigenvalue weighted by Crippen LogP contribution is 2.33. The van der Waals surface area contributed by atoms with Crippen LogP contribution in [0.5, 0.6) is 0 Å². The van der Waals surface area contributed by atoms with Crippen LogP contribution in [-0.4, -0.2) is 54.6 Å². The van der Waals surface area contributed by atoms with Crippen molar-refractivity contribution >= 4 is 40.9 Å². The molecule has 1 atom stereocenters. The fourth-order valence-electron chi connectivity index (χ4n) is 6.05. The summed E-state index contributed by atoms with van der Waals surface area (Å²) in [4.78, 5) is 33.2. The van der Waals surface area contributed by atoms with Crippen LogP contribution in [0.4, 0.5) is 5.69 Å². The number of amides is 2. The van der Waals surface area contributed by atoms with Crippen LogP contribution >= 0.6 is 12.4 Å². The van der Waals surface area contributed by atoms with E-state index in [0.717, 1.165) is 59.0 Å². The quantitative estimate of drug-likeness (QED) is 0.226. The Labute approximate surface area is 261 Å². The fraction of sp³-hybridized carbons (Fsp3) is 0.312. The molecule has 2 amide bonds. The van der Waals surface area contributed by atoms with E-state index < -0.39 is 11.9 Å². The Kier molecular flexibility index (Phi) is 9.36. The summed E-state index contributed by atoms with van der Waals surface area (Å²) in [5.41, 5.74) is 18.2. The Morgan fingerprint density at radius 2 is 1.66 bits per heavy atom. The molecule has 1 aliphatic carbocycles. The zero-order valence-corrected chi connectivity index (χ0v) is 25.3. The second-order valence-electron chi connectivity index (χ2n) is 11.3. The molecule has 5 aromatic rings. The summed E-state index contributed by atoms with van der Waals surface area (Å²) in [6, 6.07) is 20.6. The van der Waals surface area contributed by atoms with E-state index in [1.807, 2.05) is 60.1 Å². The number of hydrogen-bond acceptors (Lipinski definition) is 7. The minimum Gasteiger partial charge on any atom is -0.368 e. The zero-order valence-electron chi connectivity index (χ0n) is 24.5. The molecule has 3 aromatic carbocycles. The van der Waals surface area contributed by atoms with Crippen molar-refractivity contribution in [2.45, 2.75) is 38.1 Å². The number of nitrogens with zero attached hydrogens (tertiary/aromatic N) is 6. The summed E-state index contributed by atoms with van der Waals surface area (Å²) in [7, 11) is 1.97. The van der Waals surface area contributed by atoms with E-state index in [1.165, 1.54) is 0 Å². The van der Waals surface area contributed by atoms with Crippen LogP contribution in [0, 0.1) is 11.8 Å². The van der Waals surface area contributed by atoms with E-state index in [2.05, 4.69) is 43.8 Å². The molecule has 44 heavy (non-hydrogen) atoms. The molecule has 5 N–H and O–H groups in total. The number of primary amides is 1. The molecule has 228 valence electrons. The van der Waals surface area contributed by atoms with Gasteiger partial charge in [0.1, 0.15) is 6.04 Å². The number of imidazole rings is 1. The molecular formula is C32H36ClN9O2. The molecule has 1 aliphatic rings. The summed E-state index contributed by atoms with van der Waals surface area (Å²) in [5, 5.41) is 14.1. The number of nitrogens with two attached hydrogens (primary N) is 2. The van der Waals surface area contributed by atoms with E-state index in [9.17, 15) is 9.59 Å². The number of halogens is 1. The Morgan fingerprint density at radius 1 is 0.977 bits per heavy atom. The zero-order chi connectivity index (χ0) is 29.9. The molecule has 1 fully saturated rings. The van der Waals surface area contributed by atoms with Crippen molar-refractivity contribution in [3.8, 4) is 22.5 Å². The van der Waals surface area contributed by atoms with Crippen molar-refractivity contribution in [3.05, 3.63) is 78.6 Å². The molecule has 12 heteroatoms. The van der Waals surface area contributed by atoms with Crippen molar-refractivity contribution in [3.63, 3.8) is 0 Å². The van der Waals surface area contributed by atoms with Gasteiger partial charge in [0.2, 0.25) is 17.6 Å². The average molecular weight is 614 g/mol. The molecule has 0 saturated heterocycles. The number of rotatable bonds is 9. The van der Waals surface area contributed by atoms with Crippen molar-refractivity contribution in [1.82, 2.24) is 30.2 Å². The van der Waals surface area contributed by atoms with Crippen LogP contribution in [0.2, 0.25) is 0 Å². The molecule has 0 radical (unpaired) electrons. The molecule has 6 rings (SSSR count). The van der Waals surface area contributed by atoms with Gasteiger partial charge in [0, 0.05) is 30.6 Å². The van der Waals surface area contributed by atoms with Gasteiger partial charge in [-0.3, -0.25) is 14.5 Å². The molecule has 2 aromatic heterocycles. The fourth-order valence-corrected chi connectivity index (χ4v) is 6.05. The Hall–Kier alpha value is -4.61. The number of anilines is 1. The standard InChI is InChI=1S/C32H35N9O2.ClH/c1-40-19-35-27-17-25(12-15-28(27)40)22-6-2-20(3-7-22)16-29(30(34)42)41(32(43)24-8-4-21(18-33)5-9-24)26-13-10-23(11-14-26)31-36-38-39-37-31;/h2-3,6-7,10-15,17,19,21,24,29H,4-5,8-9,16,18,33H2,1H3,(H2,34,42)(H,36,37,38,39);1H/t21-,24-,29-;/m0./s1. The SMILES string of the molecule is Cl.Cn1cnc2cc(-c3ccc(C[C@@H](C(N)=O)N(c4ccc(-c5nn[nH]n5)cc4)C(=O)[C@H]4CC[C@H](CN)CC4)cc3)ccc21. The summed E-state index contributed by atoms with van der Waals surface area (Å²) >= 11 is 0. The first-order valence-electron chi connectivity index (χ1n) is 14.6. The molecule has 2 heterocycles. The molecule has 1 saturated carbocycles. The van der Waals surface area contributed by atoms with Gasteiger partial charge in [-0.25, -0.2) is 4.98 Å². The topological polar surface area (TPSA) is 162 Å². The summed E-state index contributed by atoms with van der Waals surface area (Å²) in [5.74, 6) is 0.0158. The van der Waals surface area contributed by atoms with Gasteiger partial charge >= 0.3 is 0 Å². The molecule has 11 nitrogen and oxygen atoms in total. The molecule has 0 bridgehead atoms. The van der Waals surface area contributed by atoms with Gasteiger partial charge in [-0.15, -0.1) is 22.6 Å². The van der Waals surface area contributed by atoms with Crippen LogP contribution in [-0.2, 0) is 23.1 Å². The van der Waals surface area contributed by atoms with E-state index in [4.69, 9.17) is 11.5 Å². The van der Waals surface area contributed by atoms with Gasteiger partial charge in [-0.1, -0.05) is 30.3 Å². The van der Waals surface area contributed by atoms with Gasteiger partial charge < -0.3 is 16.0 Å². The summed E-state index contributed by atoms with van der Waals surface area (Å²) < 4.78 is 1.99. The van der Waals surface area contributed by atoms with Gasteiger partial charge in [-0.2, -0.15) is 5.21 Å². The highest BCUT2D eigenvalue weighted by atomic mass is 35.5. The number of aromatic amines is 1. The monoisotopic (exact) mass is 613 g/mol. The second-order valence-corrected chi connectivity index (χ2v) is 11.3. The maximum absolute atomic E-state index is 14.1. The average Bonchev–Trinajstić information content (AvgIpc) is 3.71. The molecular weight excluding hydrogens is 578 g/mol. The lowest BCUT2D eigenvalue weighted by Gasteiger charge is -2.35. The van der Waals surface area contributed by atoms with E-state index >= 15 is 0 Å². The van der Waals surface area contributed by atoms with Gasteiger partial charge in [0.25, 0.3) is 0 Å². The maximum atomic E-state index is 14.1. The third-order valence-electron chi connectivity index (χ3n) is 8.60. The number of H-pyrrole nitrogens is 1. The predicted molar refractivity (Wildman–Crippen MR) is 172 cm³/mol. The van der Waals surface area contributed by atoms with Crippen molar-refractivity contribution in [1.29, 1.82) is 0 Å². The van der Waals surface area contributed by atoms with E-state index in [-0.39, 0.29) is 30.7 Å². The number of hydrogen-bond donors (Lipinski definition) is 3. The molecule has 0 unspecified atom stereocenters. The Bertz CT molecular complexity index is 1710. The number of benzene rings is 3. The highest BCUT2D eigenvalue weighted by molar-refractivity contribution is 6.01. The number of carbonyl (C=O) groups is 2. The second kappa shape index (κ2) is 13.4. The van der Waals surface area contributed by atoms with Crippen LogP contribution in [0.3, 0.4) is 0 Å². The highest BCUT2D eigenvalue weighted by Gasteiger charge is 2.36. The van der Waals surface area contributed by atoms with Crippen molar-refractivity contribution < 1.29 is 9.59 Å². The molecule has 0 spiro atoms. The first kappa shape index (κ1) is 30.8. The smallest absolute Gasteiger partial charge is 0.240 e. The summed E-state index contributed by atoms with van der Waals surface area (Å²) in [6.07, 6.45) is 5.34. The van der Waals surface area contributed by atoms with Crippen LogP contribution in [0.1, 0.15) is 31.2 Å². The number of nitrogens with one attached hydrogen (secondary N) is 1. The lowest BCUT2D eigenvalue weighted by molar-refractivity contribution is -0.127.